The Labute approximate surface area is 163 Å². The Bertz CT molecular complexity index is 1030. The van der Waals surface area contributed by atoms with Crippen molar-refractivity contribution < 1.29 is 9.53 Å². The van der Waals surface area contributed by atoms with Gasteiger partial charge in [0.05, 0.1) is 23.9 Å². The van der Waals surface area contributed by atoms with Crippen molar-refractivity contribution in [2.24, 2.45) is 5.92 Å². The van der Waals surface area contributed by atoms with Crippen LogP contribution in [0.5, 0.6) is 0 Å². The number of aromatic nitrogens is 3. The molecule has 1 saturated carbocycles. The molecular weight excluding hydrogens is 352 g/mol. The summed E-state index contributed by atoms with van der Waals surface area (Å²) in [5.41, 5.74) is 4.71. The van der Waals surface area contributed by atoms with Crippen molar-refractivity contribution >= 4 is 22.6 Å². The van der Waals surface area contributed by atoms with Gasteiger partial charge < -0.3 is 14.6 Å². The minimum atomic E-state index is 0.151. The number of nitrogens with zero attached hydrogens (tertiary/aromatic N) is 3. The van der Waals surface area contributed by atoms with E-state index < -0.39 is 0 Å². The van der Waals surface area contributed by atoms with Gasteiger partial charge in [0.1, 0.15) is 5.65 Å². The lowest BCUT2D eigenvalue weighted by atomic mass is 9.87. The second-order valence-electron chi connectivity index (χ2n) is 7.90. The topological polar surface area (TPSA) is 71.1 Å². The summed E-state index contributed by atoms with van der Waals surface area (Å²) < 4.78 is 5.56. The molecule has 6 heteroatoms. The molecule has 5 rings (SSSR count). The first-order chi connectivity index (χ1) is 13.7. The van der Waals surface area contributed by atoms with Crippen molar-refractivity contribution in [2.45, 2.75) is 38.2 Å². The van der Waals surface area contributed by atoms with E-state index >= 15 is 0 Å². The van der Waals surface area contributed by atoms with Gasteiger partial charge in [0, 0.05) is 48.8 Å². The van der Waals surface area contributed by atoms with Crippen LogP contribution >= 0.6 is 0 Å². The third-order valence-electron chi connectivity index (χ3n) is 6.10. The maximum Gasteiger partial charge on any atom is 0.233 e. The summed E-state index contributed by atoms with van der Waals surface area (Å²) in [7, 11) is 1.79. The van der Waals surface area contributed by atoms with Crippen LogP contribution in [0, 0.1) is 5.92 Å². The van der Waals surface area contributed by atoms with Gasteiger partial charge in [-0.15, -0.1) is 0 Å². The number of carbonyl (C=O) groups is 1. The van der Waals surface area contributed by atoms with E-state index in [2.05, 4.69) is 27.1 Å². The van der Waals surface area contributed by atoms with E-state index in [-0.39, 0.29) is 5.91 Å². The quantitative estimate of drug-likeness (QED) is 0.753. The fourth-order valence-corrected chi connectivity index (χ4v) is 4.56. The smallest absolute Gasteiger partial charge is 0.233 e. The first-order valence-corrected chi connectivity index (χ1v) is 9.97. The standard InChI is InChI=1S/C22H24N4O2/c1-28-18-4-2-3-14(7-18)13-26-20-9-17(11-24-19(20)10-21(26)27)16-8-15-5-6-23-22(15)25-12-16/h5-6,8-9,11-12,14,18H,2-4,7,10,13H2,1H3,(H,23,25)/t14-,18-/m1/s1. The number of H-pyrrole nitrogens is 1. The third kappa shape index (κ3) is 3.07. The minimum absolute atomic E-state index is 0.151. The van der Waals surface area contributed by atoms with Gasteiger partial charge in [0.2, 0.25) is 5.91 Å². The Balaban J connectivity index is 1.43. The molecule has 3 aromatic rings. The van der Waals surface area contributed by atoms with Crippen molar-refractivity contribution in [2.75, 3.05) is 18.6 Å². The van der Waals surface area contributed by atoms with Crippen LogP contribution in [0.2, 0.25) is 0 Å². The van der Waals surface area contributed by atoms with E-state index in [1.54, 1.807) is 7.11 Å². The Morgan fingerprint density at radius 3 is 2.96 bits per heavy atom. The predicted octanol–water partition coefficient (Wildman–Crippen LogP) is 3.72. The number of pyridine rings is 2. The van der Waals surface area contributed by atoms with Crippen LogP contribution in [0.15, 0.2) is 36.8 Å². The molecule has 4 heterocycles. The van der Waals surface area contributed by atoms with Gasteiger partial charge in [-0.25, -0.2) is 4.98 Å². The monoisotopic (exact) mass is 376 g/mol. The molecule has 0 aromatic carbocycles. The molecule has 2 aliphatic rings. The zero-order valence-corrected chi connectivity index (χ0v) is 16.0. The molecule has 6 nitrogen and oxygen atoms in total. The fraction of sp³-hybridized carbons (Fsp3) is 0.409. The number of amides is 1. The van der Waals surface area contributed by atoms with Gasteiger partial charge in [0.15, 0.2) is 0 Å². The Morgan fingerprint density at radius 1 is 1.21 bits per heavy atom. The number of aromatic amines is 1. The Morgan fingerprint density at radius 2 is 2.07 bits per heavy atom. The lowest BCUT2D eigenvalue weighted by Crippen LogP contribution is -2.35. The van der Waals surface area contributed by atoms with Crippen LogP contribution in [0.3, 0.4) is 0 Å². The molecule has 0 spiro atoms. The van der Waals surface area contributed by atoms with Gasteiger partial charge in [-0.1, -0.05) is 6.42 Å². The van der Waals surface area contributed by atoms with Gasteiger partial charge in [-0.05, 0) is 43.4 Å². The fourth-order valence-electron chi connectivity index (χ4n) is 4.56. The first-order valence-electron chi connectivity index (χ1n) is 9.97. The minimum Gasteiger partial charge on any atom is -0.381 e. The van der Waals surface area contributed by atoms with Gasteiger partial charge >= 0.3 is 0 Å². The zero-order valence-electron chi connectivity index (χ0n) is 16.0. The summed E-state index contributed by atoms with van der Waals surface area (Å²) >= 11 is 0. The zero-order chi connectivity index (χ0) is 19.1. The maximum atomic E-state index is 12.7. The number of ether oxygens (including phenoxy) is 1. The third-order valence-corrected chi connectivity index (χ3v) is 6.10. The lowest BCUT2D eigenvalue weighted by Gasteiger charge is -2.31. The average molecular weight is 376 g/mol. The van der Waals surface area contributed by atoms with E-state index in [9.17, 15) is 4.79 Å². The number of anilines is 1. The number of nitrogens with one attached hydrogen (secondary N) is 1. The van der Waals surface area contributed by atoms with Gasteiger partial charge in [-0.3, -0.25) is 9.78 Å². The summed E-state index contributed by atoms with van der Waals surface area (Å²) in [6, 6.07) is 6.21. The number of hydrogen-bond donors (Lipinski definition) is 1. The second kappa shape index (κ2) is 7.02. The molecule has 0 bridgehead atoms. The first kappa shape index (κ1) is 17.4. The average Bonchev–Trinajstić information content (AvgIpc) is 3.31. The lowest BCUT2D eigenvalue weighted by molar-refractivity contribution is -0.117. The number of hydrogen-bond acceptors (Lipinski definition) is 4. The van der Waals surface area contributed by atoms with Gasteiger partial charge in [-0.2, -0.15) is 0 Å². The second-order valence-corrected chi connectivity index (χ2v) is 7.90. The largest absolute Gasteiger partial charge is 0.381 e. The SMILES string of the molecule is CO[C@@H]1CCC[C@@H](CN2C(=O)Cc3ncc(-c4cnc5[nH]ccc5c4)cc32)C1. The normalized spacial score (nSPS) is 22.0. The Kier molecular flexibility index (Phi) is 4.36. The summed E-state index contributed by atoms with van der Waals surface area (Å²) in [6.07, 6.45) is 10.8. The molecule has 0 radical (unpaired) electrons. The van der Waals surface area contributed by atoms with Crippen molar-refractivity contribution in [3.05, 3.63) is 42.5 Å². The van der Waals surface area contributed by atoms with E-state index in [0.717, 1.165) is 59.3 Å². The summed E-state index contributed by atoms with van der Waals surface area (Å²) in [5.74, 6) is 0.633. The van der Waals surface area contributed by atoms with Crippen molar-refractivity contribution in [3.8, 4) is 11.1 Å². The molecule has 0 saturated heterocycles. The molecule has 28 heavy (non-hydrogen) atoms. The molecule has 1 aliphatic carbocycles. The maximum absolute atomic E-state index is 12.7. The van der Waals surface area contributed by atoms with E-state index in [1.807, 2.05) is 29.6 Å². The van der Waals surface area contributed by atoms with Crippen molar-refractivity contribution in [1.29, 1.82) is 0 Å². The summed E-state index contributed by atoms with van der Waals surface area (Å²) in [5, 5.41) is 1.07. The van der Waals surface area contributed by atoms with Crippen LogP contribution in [-0.2, 0) is 16.0 Å². The highest BCUT2D eigenvalue weighted by molar-refractivity contribution is 6.01. The molecule has 2 atom stereocenters. The molecule has 1 N–H and O–H groups in total. The summed E-state index contributed by atoms with van der Waals surface area (Å²) in [4.78, 5) is 26.8. The van der Waals surface area contributed by atoms with Crippen LogP contribution < -0.4 is 4.90 Å². The van der Waals surface area contributed by atoms with Crippen LogP contribution in [-0.4, -0.2) is 40.6 Å². The molecule has 1 fully saturated rings. The highest BCUT2D eigenvalue weighted by atomic mass is 16.5. The van der Waals surface area contributed by atoms with E-state index in [1.165, 1.54) is 6.42 Å². The molecular formula is C22H24N4O2. The molecule has 3 aromatic heterocycles. The number of fused-ring (bicyclic) bond motifs is 2. The van der Waals surface area contributed by atoms with Crippen molar-refractivity contribution in [3.63, 3.8) is 0 Å². The van der Waals surface area contributed by atoms with E-state index in [4.69, 9.17) is 4.74 Å². The molecule has 144 valence electrons. The van der Waals surface area contributed by atoms with Crippen LogP contribution in [0.1, 0.15) is 31.4 Å². The predicted molar refractivity (Wildman–Crippen MR) is 108 cm³/mol. The number of carbonyl (C=O) groups excluding carboxylic acids is 1. The number of methoxy groups -OCH3 is 1. The molecule has 0 unspecified atom stereocenters. The van der Waals surface area contributed by atoms with Crippen LogP contribution in [0.25, 0.3) is 22.2 Å². The molecule has 1 amide bonds. The Hall–Kier alpha value is -2.73. The van der Waals surface area contributed by atoms with Gasteiger partial charge in [0.25, 0.3) is 0 Å². The highest BCUT2D eigenvalue weighted by Gasteiger charge is 2.32. The summed E-state index contributed by atoms with van der Waals surface area (Å²) in [6.45, 7) is 0.756. The van der Waals surface area contributed by atoms with Crippen LogP contribution in [0.4, 0.5) is 5.69 Å². The molecule has 1 aliphatic heterocycles. The van der Waals surface area contributed by atoms with Crippen molar-refractivity contribution in [1.82, 2.24) is 15.0 Å². The number of rotatable bonds is 4. The highest BCUT2D eigenvalue weighted by Crippen LogP contribution is 2.35. The van der Waals surface area contributed by atoms with E-state index in [0.29, 0.717) is 18.4 Å².